The minimum Gasteiger partial charge on any atom is -0.497 e. The minimum absolute atomic E-state index is 0.122. The lowest BCUT2D eigenvalue weighted by atomic mass is 10.1. The number of pyridine rings is 1. The fourth-order valence-corrected chi connectivity index (χ4v) is 2.94. The normalized spacial score (nSPS) is 11.8. The van der Waals surface area contributed by atoms with Crippen LogP contribution in [-0.4, -0.2) is 24.8 Å². The number of anilines is 2. The van der Waals surface area contributed by atoms with Crippen LogP contribution in [0.25, 0.3) is 0 Å². The van der Waals surface area contributed by atoms with Gasteiger partial charge in [0, 0.05) is 6.54 Å². The Bertz CT molecular complexity index is 988. The summed E-state index contributed by atoms with van der Waals surface area (Å²) in [6.07, 6.45) is 1.96. The van der Waals surface area contributed by atoms with Gasteiger partial charge < -0.3 is 24.8 Å². The molecule has 29 heavy (non-hydrogen) atoms. The van der Waals surface area contributed by atoms with Gasteiger partial charge in [0.25, 0.3) is 0 Å². The molecule has 2 N–H and O–H groups in total. The second-order valence-corrected chi connectivity index (χ2v) is 6.55. The standard InChI is InChI=1S/C22H21N3O4/c1-27-18-6-2-15(3-7-18)11-22(26)25-21-9-5-17(13-24-21)23-12-16-4-8-19-20(10-16)29-14-28-19/h2-10,13,23H,11-12,14H2,1H3,(H,24,25,26). The second-order valence-electron chi connectivity index (χ2n) is 6.55. The van der Waals surface area contributed by atoms with Crippen molar-refractivity contribution < 1.29 is 19.0 Å². The molecule has 0 saturated heterocycles. The Kier molecular flexibility index (Phi) is 5.47. The maximum Gasteiger partial charge on any atom is 0.231 e. The van der Waals surface area contributed by atoms with Crippen molar-refractivity contribution in [1.82, 2.24) is 4.98 Å². The number of methoxy groups -OCH3 is 1. The number of carbonyl (C=O) groups is 1. The van der Waals surface area contributed by atoms with Crippen LogP contribution in [0, 0.1) is 0 Å². The van der Waals surface area contributed by atoms with E-state index in [9.17, 15) is 4.79 Å². The molecule has 0 radical (unpaired) electrons. The topological polar surface area (TPSA) is 81.7 Å². The number of aromatic nitrogens is 1. The zero-order valence-corrected chi connectivity index (χ0v) is 16.0. The van der Waals surface area contributed by atoms with Crippen LogP contribution >= 0.6 is 0 Å². The average molecular weight is 391 g/mol. The van der Waals surface area contributed by atoms with Crippen LogP contribution in [0.1, 0.15) is 11.1 Å². The Hall–Kier alpha value is -3.74. The molecule has 4 rings (SSSR count). The smallest absolute Gasteiger partial charge is 0.231 e. The largest absolute Gasteiger partial charge is 0.497 e. The minimum atomic E-state index is -0.122. The SMILES string of the molecule is COc1ccc(CC(=O)Nc2ccc(NCc3ccc4c(c3)OCO4)cn2)cc1. The number of amides is 1. The summed E-state index contributed by atoms with van der Waals surface area (Å²) in [5, 5.41) is 6.11. The van der Waals surface area contributed by atoms with Crippen molar-refractivity contribution in [2.24, 2.45) is 0 Å². The van der Waals surface area contributed by atoms with E-state index in [1.54, 1.807) is 19.4 Å². The zero-order valence-electron chi connectivity index (χ0n) is 16.0. The van der Waals surface area contributed by atoms with Crippen LogP contribution in [0.4, 0.5) is 11.5 Å². The van der Waals surface area contributed by atoms with E-state index in [1.807, 2.05) is 48.5 Å². The molecule has 1 aromatic heterocycles. The molecule has 0 aliphatic carbocycles. The van der Waals surface area contributed by atoms with Gasteiger partial charge in [0.2, 0.25) is 12.7 Å². The highest BCUT2D eigenvalue weighted by atomic mass is 16.7. The molecule has 0 fully saturated rings. The van der Waals surface area contributed by atoms with E-state index in [2.05, 4.69) is 15.6 Å². The molecular weight excluding hydrogens is 370 g/mol. The van der Waals surface area contributed by atoms with Gasteiger partial charge in [-0.05, 0) is 47.5 Å². The highest BCUT2D eigenvalue weighted by molar-refractivity contribution is 5.91. The number of rotatable bonds is 7. The van der Waals surface area contributed by atoms with Crippen molar-refractivity contribution in [3.8, 4) is 17.2 Å². The summed E-state index contributed by atoms with van der Waals surface area (Å²) in [6.45, 7) is 0.892. The van der Waals surface area contributed by atoms with Crippen molar-refractivity contribution in [3.05, 3.63) is 71.9 Å². The maximum atomic E-state index is 12.2. The highest BCUT2D eigenvalue weighted by Crippen LogP contribution is 2.32. The Morgan fingerprint density at radius 2 is 1.83 bits per heavy atom. The number of ether oxygens (including phenoxy) is 3. The number of fused-ring (bicyclic) bond motifs is 1. The predicted molar refractivity (Wildman–Crippen MR) is 109 cm³/mol. The molecule has 0 spiro atoms. The summed E-state index contributed by atoms with van der Waals surface area (Å²) >= 11 is 0. The fraction of sp³-hybridized carbons (Fsp3) is 0.182. The number of hydrogen-bond donors (Lipinski definition) is 2. The first-order chi connectivity index (χ1) is 14.2. The second kappa shape index (κ2) is 8.52. The lowest BCUT2D eigenvalue weighted by Gasteiger charge is -2.09. The fourth-order valence-electron chi connectivity index (χ4n) is 2.94. The van der Waals surface area contributed by atoms with Gasteiger partial charge in [-0.2, -0.15) is 0 Å². The van der Waals surface area contributed by atoms with Gasteiger partial charge in [-0.25, -0.2) is 4.98 Å². The molecule has 1 aliphatic rings. The van der Waals surface area contributed by atoms with Crippen molar-refractivity contribution >= 4 is 17.4 Å². The van der Waals surface area contributed by atoms with Gasteiger partial charge in [-0.3, -0.25) is 4.79 Å². The molecule has 7 nitrogen and oxygen atoms in total. The van der Waals surface area contributed by atoms with E-state index < -0.39 is 0 Å². The molecule has 0 unspecified atom stereocenters. The van der Waals surface area contributed by atoms with E-state index in [-0.39, 0.29) is 19.1 Å². The first-order valence-electron chi connectivity index (χ1n) is 9.21. The van der Waals surface area contributed by atoms with E-state index in [1.165, 1.54) is 0 Å². The summed E-state index contributed by atoms with van der Waals surface area (Å²) in [4.78, 5) is 16.5. The number of benzene rings is 2. The first-order valence-corrected chi connectivity index (χ1v) is 9.21. The molecule has 148 valence electrons. The van der Waals surface area contributed by atoms with Gasteiger partial charge in [-0.1, -0.05) is 18.2 Å². The Morgan fingerprint density at radius 1 is 1.03 bits per heavy atom. The molecule has 0 atom stereocenters. The molecule has 2 aromatic carbocycles. The Balaban J connectivity index is 1.28. The van der Waals surface area contributed by atoms with Crippen LogP contribution < -0.4 is 24.8 Å². The lowest BCUT2D eigenvalue weighted by molar-refractivity contribution is -0.115. The molecule has 1 amide bonds. The third kappa shape index (κ3) is 4.76. The number of hydrogen-bond acceptors (Lipinski definition) is 6. The van der Waals surface area contributed by atoms with Crippen LogP contribution in [0.3, 0.4) is 0 Å². The van der Waals surface area contributed by atoms with Crippen molar-refractivity contribution in [2.75, 3.05) is 24.5 Å². The molecule has 3 aromatic rings. The quantitative estimate of drug-likeness (QED) is 0.640. The summed E-state index contributed by atoms with van der Waals surface area (Å²) in [6, 6.07) is 16.9. The molecule has 7 heteroatoms. The van der Waals surface area contributed by atoms with Crippen molar-refractivity contribution in [1.29, 1.82) is 0 Å². The molecule has 2 heterocycles. The van der Waals surface area contributed by atoms with E-state index in [0.29, 0.717) is 12.4 Å². The van der Waals surface area contributed by atoms with Gasteiger partial charge in [0.05, 0.1) is 25.4 Å². The maximum absolute atomic E-state index is 12.2. The van der Waals surface area contributed by atoms with Crippen molar-refractivity contribution in [3.63, 3.8) is 0 Å². The van der Waals surface area contributed by atoms with Crippen LogP contribution in [0.2, 0.25) is 0 Å². The summed E-state index contributed by atoms with van der Waals surface area (Å²) in [5.74, 6) is 2.68. The van der Waals surface area contributed by atoms with Gasteiger partial charge in [0.1, 0.15) is 11.6 Å². The number of carbonyl (C=O) groups excluding carboxylic acids is 1. The predicted octanol–water partition coefficient (Wildman–Crippen LogP) is 3.61. The Labute approximate surface area is 168 Å². The molecule has 0 bridgehead atoms. The monoisotopic (exact) mass is 391 g/mol. The molecule has 1 aliphatic heterocycles. The van der Waals surface area contributed by atoms with E-state index in [4.69, 9.17) is 14.2 Å². The zero-order chi connectivity index (χ0) is 20.1. The van der Waals surface area contributed by atoms with Crippen LogP contribution in [0.5, 0.6) is 17.2 Å². The summed E-state index contributed by atoms with van der Waals surface area (Å²) in [5.41, 5.74) is 2.84. The lowest BCUT2D eigenvalue weighted by Crippen LogP contribution is -2.15. The third-order valence-electron chi connectivity index (χ3n) is 4.49. The molecular formula is C22H21N3O4. The van der Waals surface area contributed by atoms with E-state index >= 15 is 0 Å². The summed E-state index contributed by atoms with van der Waals surface area (Å²) in [7, 11) is 1.61. The summed E-state index contributed by atoms with van der Waals surface area (Å²) < 4.78 is 15.8. The number of nitrogens with one attached hydrogen (secondary N) is 2. The van der Waals surface area contributed by atoms with Gasteiger partial charge in [0.15, 0.2) is 11.5 Å². The van der Waals surface area contributed by atoms with Gasteiger partial charge in [-0.15, -0.1) is 0 Å². The highest BCUT2D eigenvalue weighted by Gasteiger charge is 2.13. The average Bonchev–Trinajstić information content (AvgIpc) is 3.22. The molecule has 0 saturated carbocycles. The van der Waals surface area contributed by atoms with Gasteiger partial charge >= 0.3 is 0 Å². The van der Waals surface area contributed by atoms with Crippen molar-refractivity contribution in [2.45, 2.75) is 13.0 Å². The van der Waals surface area contributed by atoms with Crippen LogP contribution in [0.15, 0.2) is 60.8 Å². The Morgan fingerprint density at radius 3 is 2.59 bits per heavy atom. The van der Waals surface area contributed by atoms with E-state index in [0.717, 1.165) is 34.1 Å². The van der Waals surface area contributed by atoms with Crippen LogP contribution in [-0.2, 0) is 17.8 Å². The number of nitrogens with zero attached hydrogens (tertiary/aromatic N) is 1. The third-order valence-corrected chi connectivity index (χ3v) is 4.49. The first kappa shape index (κ1) is 18.6.